The number of pyridine rings is 1. The van der Waals surface area contributed by atoms with E-state index in [1.54, 1.807) is 0 Å². The van der Waals surface area contributed by atoms with Gasteiger partial charge < -0.3 is 4.90 Å². The fourth-order valence-corrected chi connectivity index (χ4v) is 4.22. The Labute approximate surface area is 159 Å². The third kappa shape index (κ3) is 3.07. The highest BCUT2D eigenvalue weighted by Crippen LogP contribution is 2.36. The van der Waals surface area contributed by atoms with Crippen molar-refractivity contribution < 1.29 is 13.2 Å². The minimum atomic E-state index is -4.40. The number of benzene rings is 1. The van der Waals surface area contributed by atoms with Gasteiger partial charge in [-0.05, 0) is 30.2 Å². The molecule has 2 atom stereocenters. The molecule has 0 radical (unpaired) electrons. The second-order valence-electron chi connectivity index (χ2n) is 7.41. The zero-order chi connectivity index (χ0) is 19.3. The van der Waals surface area contributed by atoms with Crippen LogP contribution in [0.1, 0.15) is 17.7 Å². The van der Waals surface area contributed by atoms with Crippen molar-refractivity contribution in [1.29, 1.82) is 0 Å². The molecule has 5 heterocycles. The minimum Gasteiger partial charge on any atom is -0.347 e. The molecule has 0 amide bonds. The predicted molar refractivity (Wildman–Crippen MR) is 98.7 cm³/mol. The fourth-order valence-electron chi connectivity index (χ4n) is 4.22. The highest BCUT2D eigenvalue weighted by Gasteiger charge is 2.45. The van der Waals surface area contributed by atoms with E-state index in [0.29, 0.717) is 18.6 Å². The van der Waals surface area contributed by atoms with Gasteiger partial charge in [-0.15, -0.1) is 0 Å². The summed E-state index contributed by atoms with van der Waals surface area (Å²) in [6.45, 7) is 2.31. The molecule has 8 heteroatoms. The molecule has 1 aromatic carbocycles. The van der Waals surface area contributed by atoms with Crippen LogP contribution in [0.5, 0.6) is 0 Å². The topological polar surface area (TPSA) is 45.2 Å². The Hall–Kier alpha value is -2.74. The molecule has 3 aromatic rings. The van der Waals surface area contributed by atoms with Crippen molar-refractivity contribution in [2.45, 2.75) is 31.2 Å². The maximum Gasteiger partial charge on any atom is 0.433 e. The van der Waals surface area contributed by atoms with E-state index in [1.165, 1.54) is 12.3 Å². The standard InChI is InChI=1S/C20H18F3N5/c21-20(22,23)18-6-5-13(8-25-18)10-27-11-14-7-15(12-27)28(14)19-9-24-16-3-1-2-4-17(16)26-19/h1-6,8-9,14-15H,7,10-12H2. The van der Waals surface area contributed by atoms with Crippen LogP contribution in [0.4, 0.5) is 19.0 Å². The molecule has 0 spiro atoms. The molecule has 3 aliphatic heterocycles. The number of aromatic nitrogens is 3. The van der Waals surface area contributed by atoms with Crippen LogP contribution >= 0.6 is 0 Å². The number of alkyl halides is 3. The summed E-state index contributed by atoms with van der Waals surface area (Å²) in [7, 11) is 0. The minimum absolute atomic E-state index is 0.358. The van der Waals surface area contributed by atoms with Gasteiger partial charge in [0.2, 0.25) is 0 Å². The molecule has 2 unspecified atom stereocenters. The van der Waals surface area contributed by atoms with Crippen LogP contribution < -0.4 is 4.90 Å². The van der Waals surface area contributed by atoms with Crippen molar-refractivity contribution in [3.05, 3.63) is 60.0 Å². The number of para-hydroxylation sites is 2. The van der Waals surface area contributed by atoms with Crippen LogP contribution in [0.2, 0.25) is 0 Å². The molecule has 28 heavy (non-hydrogen) atoms. The zero-order valence-electron chi connectivity index (χ0n) is 15.0. The first-order valence-corrected chi connectivity index (χ1v) is 9.22. The van der Waals surface area contributed by atoms with Crippen molar-refractivity contribution in [2.24, 2.45) is 0 Å². The smallest absolute Gasteiger partial charge is 0.347 e. The SMILES string of the molecule is FC(F)(F)c1ccc(CN2CC3CC(C2)N3c2cnc3ccccc3n2)cn1. The lowest BCUT2D eigenvalue weighted by Gasteiger charge is -2.57. The summed E-state index contributed by atoms with van der Waals surface area (Å²) in [5.74, 6) is 0.899. The number of nitrogens with zero attached hydrogens (tertiary/aromatic N) is 5. The van der Waals surface area contributed by atoms with E-state index in [1.807, 2.05) is 30.5 Å². The molecule has 3 fully saturated rings. The van der Waals surface area contributed by atoms with Crippen molar-refractivity contribution in [3.63, 3.8) is 0 Å². The second-order valence-corrected chi connectivity index (χ2v) is 7.41. The monoisotopic (exact) mass is 385 g/mol. The number of hydrogen-bond donors (Lipinski definition) is 0. The van der Waals surface area contributed by atoms with E-state index < -0.39 is 11.9 Å². The Morgan fingerprint density at radius 2 is 1.68 bits per heavy atom. The van der Waals surface area contributed by atoms with Gasteiger partial charge in [-0.3, -0.25) is 14.9 Å². The van der Waals surface area contributed by atoms with Crippen molar-refractivity contribution >= 4 is 16.9 Å². The summed E-state index contributed by atoms with van der Waals surface area (Å²) in [4.78, 5) is 17.4. The number of rotatable bonds is 3. The van der Waals surface area contributed by atoms with Crippen LogP contribution in [-0.2, 0) is 12.7 Å². The van der Waals surface area contributed by atoms with Crippen molar-refractivity contribution in [1.82, 2.24) is 19.9 Å². The van der Waals surface area contributed by atoms with Gasteiger partial charge in [-0.1, -0.05) is 18.2 Å². The average Bonchev–Trinajstić information content (AvgIpc) is 2.67. The zero-order valence-corrected chi connectivity index (χ0v) is 15.0. The van der Waals surface area contributed by atoms with Gasteiger partial charge in [-0.2, -0.15) is 13.2 Å². The number of fused-ring (bicyclic) bond motifs is 3. The van der Waals surface area contributed by atoms with E-state index in [-0.39, 0.29) is 0 Å². The maximum atomic E-state index is 12.6. The van der Waals surface area contributed by atoms with Crippen molar-refractivity contribution in [2.75, 3.05) is 18.0 Å². The van der Waals surface area contributed by atoms with E-state index in [4.69, 9.17) is 4.98 Å². The van der Waals surface area contributed by atoms with Crippen molar-refractivity contribution in [3.8, 4) is 0 Å². The molecule has 3 aliphatic rings. The Morgan fingerprint density at radius 1 is 0.929 bits per heavy atom. The van der Waals surface area contributed by atoms with Gasteiger partial charge in [-0.25, -0.2) is 4.98 Å². The van der Waals surface area contributed by atoms with Gasteiger partial charge in [0, 0.05) is 37.9 Å². The highest BCUT2D eigenvalue weighted by atomic mass is 19.4. The summed E-state index contributed by atoms with van der Waals surface area (Å²) in [6, 6.07) is 11.1. The quantitative estimate of drug-likeness (QED) is 0.691. The first-order chi connectivity index (χ1) is 13.5. The molecule has 6 rings (SSSR count). The molecule has 144 valence electrons. The predicted octanol–water partition coefficient (Wildman–Crippen LogP) is 3.51. The van der Waals surface area contributed by atoms with Gasteiger partial charge in [0.1, 0.15) is 11.5 Å². The largest absolute Gasteiger partial charge is 0.433 e. The van der Waals surface area contributed by atoms with Gasteiger partial charge in [0.05, 0.1) is 17.2 Å². The maximum absolute atomic E-state index is 12.6. The molecule has 3 saturated heterocycles. The van der Waals surface area contributed by atoms with Crippen LogP contribution in [0, 0.1) is 0 Å². The first kappa shape index (κ1) is 17.4. The third-order valence-electron chi connectivity index (χ3n) is 5.49. The van der Waals surface area contributed by atoms with Gasteiger partial charge in [0.25, 0.3) is 0 Å². The van der Waals surface area contributed by atoms with Crippen LogP contribution in [0.3, 0.4) is 0 Å². The summed E-state index contributed by atoms with van der Waals surface area (Å²) in [5.41, 5.74) is 1.72. The molecular formula is C20H18F3N5. The van der Waals surface area contributed by atoms with Crippen LogP contribution in [0.25, 0.3) is 11.0 Å². The van der Waals surface area contributed by atoms with Gasteiger partial charge >= 0.3 is 6.18 Å². The van der Waals surface area contributed by atoms with E-state index in [2.05, 4.69) is 19.8 Å². The lowest BCUT2D eigenvalue weighted by atomic mass is 9.87. The fraction of sp³-hybridized carbons (Fsp3) is 0.350. The van der Waals surface area contributed by atoms with Gasteiger partial charge in [0.15, 0.2) is 0 Å². The highest BCUT2D eigenvalue weighted by molar-refractivity contribution is 5.75. The number of halogens is 3. The molecule has 0 saturated carbocycles. The number of piperidine rings is 1. The normalized spacial score (nSPS) is 22.3. The van der Waals surface area contributed by atoms with Crippen LogP contribution in [-0.4, -0.2) is 45.0 Å². The van der Waals surface area contributed by atoms with E-state index in [0.717, 1.165) is 48.0 Å². The molecule has 2 bridgehead atoms. The molecule has 0 N–H and O–H groups in total. The Morgan fingerprint density at radius 3 is 2.36 bits per heavy atom. The second kappa shape index (κ2) is 6.41. The first-order valence-electron chi connectivity index (χ1n) is 9.22. The molecule has 5 nitrogen and oxygen atoms in total. The molecular weight excluding hydrogens is 367 g/mol. The summed E-state index contributed by atoms with van der Waals surface area (Å²) >= 11 is 0. The Balaban J connectivity index is 1.26. The Bertz CT molecular complexity index is 993. The summed E-state index contributed by atoms with van der Waals surface area (Å²) < 4.78 is 37.9. The lowest BCUT2D eigenvalue weighted by Crippen LogP contribution is -2.69. The van der Waals surface area contributed by atoms with E-state index in [9.17, 15) is 13.2 Å². The number of hydrogen-bond acceptors (Lipinski definition) is 5. The van der Waals surface area contributed by atoms with E-state index >= 15 is 0 Å². The molecule has 2 aromatic heterocycles. The summed E-state index contributed by atoms with van der Waals surface area (Å²) in [5, 5.41) is 0. The third-order valence-corrected chi connectivity index (χ3v) is 5.49. The van der Waals surface area contributed by atoms with Crippen LogP contribution in [0.15, 0.2) is 48.8 Å². The average molecular weight is 385 g/mol. The summed E-state index contributed by atoms with van der Waals surface area (Å²) in [6.07, 6.45) is -0.129. The number of piperazine rings is 1. The lowest BCUT2D eigenvalue weighted by molar-refractivity contribution is -0.141. The Kier molecular flexibility index (Phi) is 3.97. The number of anilines is 1. The molecule has 0 aliphatic carbocycles.